The van der Waals surface area contributed by atoms with Crippen LogP contribution in [0.25, 0.3) is 0 Å². The predicted octanol–water partition coefficient (Wildman–Crippen LogP) is 0.585. The van der Waals surface area contributed by atoms with Crippen LogP contribution in [0.5, 0.6) is 0 Å². The summed E-state index contributed by atoms with van der Waals surface area (Å²) in [5, 5.41) is 11.6. The van der Waals surface area contributed by atoms with Crippen molar-refractivity contribution in [2.24, 2.45) is 0 Å². The van der Waals surface area contributed by atoms with E-state index in [0.29, 0.717) is 25.6 Å². The molecule has 18 heavy (non-hydrogen) atoms. The first-order valence-electron chi connectivity index (χ1n) is 6.40. The molecule has 1 aliphatic rings. The van der Waals surface area contributed by atoms with Gasteiger partial charge in [0.2, 0.25) is 0 Å². The molecular weight excluding hydrogens is 234 g/mol. The van der Waals surface area contributed by atoms with Gasteiger partial charge >= 0.3 is 12.0 Å². The monoisotopic (exact) mass is 257 g/mol. The maximum atomic E-state index is 11.9. The molecule has 1 fully saturated rings. The van der Waals surface area contributed by atoms with Crippen molar-refractivity contribution in [1.29, 1.82) is 0 Å². The second kappa shape index (κ2) is 6.58. The molecule has 0 aromatic carbocycles. The maximum absolute atomic E-state index is 11.9. The van der Waals surface area contributed by atoms with Crippen LogP contribution >= 0.6 is 0 Å². The molecule has 0 aromatic heterocycles. The lowest BCUT2D eigenvalue weighted by atomic mass is 10.2. The summed E-state index contributed by atoms with van der Waals surface area (Å²) in [7, 11) is 3.98. The van der Waals surface area contributed by atoms with E-state index < -0.39 is 12.0 Å². The molecule has 0 aromatic rings. The molecule has 1 unspecified atom stereocenters. The normalized spacial score (nSPS) is 21.1. The van der Waals surface area contributed by atoms with Crippen molar-refractivity contribution in [2.75, 3.05) is 27.2 Å². The van der Waals surface area contributed by atoms with Crippen LogP contribution in [0.3, 0.4) is 0 Å². The highest BCUT2D eigenvalue weighted by Gasteiger charge is 2.29. The smallest absolute Gasteiger partial charge is 0.326 e. The number of hydrogen-bond acceptors (Lipinski definition) is 3. The van der Waals surface area contributed by atoms with E-state index >= 15 is 0 Å². The number of likely N-dealkylation sites (N-methyl/N-ethyl adjacent to an activating group) is 1. The van der Waals surface area contributed by atoms with E-state index in [1.54, 1.807) is 4.90 Å². The van der Waals surface area contributed by atoms with E-state index in [1.165, 1.54) is 0 Å². The van der Waals surface area contributed by atoms with Crippen molar-refractivity contribution in [3.63, 3.8) is 0 Å². The Morgan fingerprint density at radius 3 is 2.61 bits per heavy atom. The second-order valence-electron chi connectivity index (χ2n) is 4.98. The fourth-order valence-corrected chi connectivity index (χ4v) is 2.13. The second-order valence-corrected chi connectivity index (χ2v) is 4.98. The number of likely N-dealkylation sites (tertiary alicyclic amines) is 1. The average molecular weight is 257 g/mol. The van der Waals surface area contributed by atoms with Crippen LogP contribution in [0.4, 0.5) is 4.79 Å². The predicted molar refractivity (Wildman–Crippen MR) is 68.5 cm³/mol. The highest BCUT2D eigenvalue weighted by molar-refractivity contribution is 5.82. The summed E-state index contributed by atoms with van der Waals surface area (Å²) in [5.74, 6) is -0.964. The van der Waals surface area contributed by atoms with Gasteiger partial charge in [0.1, 0.15) is 6.04 Å². The molecule has 2 N–H and O–H groups in total. The number of carbonyl (C=O) groups excluding carboxylic acids is 1. The Balaban J connectivity index is 2.48. The molecule has 104 valence electrons. The number of carboxylic acids is 1. The van der Waals surface area contributed by atoms with E-state index in [9.17, 15) is 9.59 Å². The minimum Gasteiger partial charge on any atom is -0.480 e. The van der Waals surface area contributed by atoms with Crippen molar-refractivity contribution in [3.05, 3.63) is 0 Å². The van der Waals surface area contributed by atoms with Crippen LogP contribution in [0.1, 0.15) is 26.2 Å². The van der Waals surface area contributed by atoms with Crippen LogP contribution in [0.2, 0.25) is 0 Å². The molecule has 0 radical (unpaired) electrons. The van der Waals surface area contributed by atoms with E-state index in [2.05, 4.69) is 10.2 Å². The largest absolute Gasteiger partial charge is 0.480 e. The van der Waals surface area contributed by atoms with Gasteiger partial charge in [-0.15, -0.1) is 0 Å². The number of rotatable bonds is 5. The van der Waals surface area contributed by atoms with Crippen LogP contribution in [0.15, 0.2) is 0 Å². The number of nitrogens with zero attached hydrogens (tertiary/aromatic N) is 2. The number of amides is 2. The van der Waals surface area contributed by atoms with Gasteiger partial charge in [0, 0.05) is 19.1 Å². The molecule has 0 bridgehead atoms. The number of carbonyl (C=O) groups is 2. The molecule has 6 nitrogen and oxygen atoms in total. The van der Waals surface area contributed by atoms with Crippen LogP contribution in [-0.2, 0) is 4.79 Å². The minimum absolute atomic E-state index is 0.264. The Bertz CT molecular complexity index is 307. The highest BCUT2D eigenvalue weighted by Crippen LogP contribution is 2.13. The Labute approximate surface area is 108 Å². The summed E-state index contributed by atoms with van der Waals surface area (Å²) < 4.78 is 0. The summed E-state index contributed by atoms with van der Waals surface area (Å²) in [6.07, 6.45) is 2.13. The maximum Gasteiger partial charge on any atom is 0.326 e. The third kappa shape index (κ3) is 3.87. The summed E-state index contributed by atoms with van der Waals surface area (Å²) >= 11 is 0. The number of hydrogen-bond donors (Lipinski definition) is 2. The Morgan fingerprint density at radius 1 is 1.50 bits per heavy atom. The highest BCUT2D eigenvalue weighted by atomic mass is 16.4. The molecule has 1 aliphatic heterocycles. The minimum atomic E-state index is -0.964. The third-order valence-corrected chi connectivity index (χ3v) is 3.35. The van der Waals surface area contributed by atoms with E-state index in [0.717, 1.165) is 12.8 Å². The van der Waals surface area contributed by atoms with Crippen molar-refractivity contribution >= 4 is 12.0 Å². The molecule has 1 rings (SSSR count). The lowest BCUT2D eigenvalue weighted by molar-refractivity contribution is -0.139. The quantitative estimate of drug-likeness (QED) is 0.756. The molecular formula is C12H23N3O3. The van der Waals surface area contributed by atoms with Gasteiger partial charge in [-0.2, -0.15) is 0 Å². The number of carboxylic acid groups (broad SMARTS) is 1. The van der Waals surface area contributed by atoms with Crippen molar-refractivity contribution in [2.45, 2.75) is 38.3 Å². The van der Waals surface area contributed by atoms with Gasteiger partial charge in [-0.25, -0.2) is 9.59 Å². The zero-order valence-electron chi connectivity index (χ0n) is 11.3. The Morgan fingerprint density at radius 2 is 2.17 bits per heavy atom. The molecule has 2 amide bonds. The average Bonchev–Trinajstić information content (AvgIpc) is 2.77. The molecule has 6 heteroatoms. The first kappa shape index (κ1) is 14.8. The number of urea groups is 1. The van der Waals surface area contributed by atoms with Gasteiger partial charge in [0.05, 0.1) is 0 Å². The summed E-state index contributed by atoms with van der Waals surface area (Å²) in [6, 6.07) is -0.675. The third-order valence-electron chi connectivity index (χ3n) is 3.35. The molecule has 1 saturated heterocycles. The summed E-state index contributed by atoms with van der Waals surface area (Å²) in [6.45, 7) is 3.25. The topological polar surface area (TPSA) is 72.9 Å². The number of aliphatic carboxylic acids is 1. The fourth-order valence-electron chi connectivity index (χ4n) is 2.13. The zero-order chi connectivity index (χ0) is 13.7. The molecule has 0 aliphatic carbocycles. The first-order chi connectivity index (χ1) is 8.45. The van der Waals surface area contributed by atoms with Gasteiger partial charge in [-0.1, -0.05) is 13.3 Å². The van der Waals surface area contributed by atoms with Gasteiger partial charge in [-0.05, 0) is 26.9 Å². The Kier molecular flexibility index (Phi) is 5.40. The molecule has 1 heterocycles. The van der Waals surface area contributed by atoms with Crippen molar-refractivity contribution in [1.82, 2.24) is 15.1 Å². The van der Waals surface area contributed by atoms with E-state index in [-0.39, 0.29) is 6.03 Å². The van der Waals surface area contributed by atoms with Gasteiger partial charge in [-0.3, -0.25) is 0 Å². The summed E-state index contributed by atoms with van der Waals surface area (Å²) in [5.41, 5.74) is 0. The Hall–Kier alpha value is -1.30. The zero-order valence-corrected chi connectivity index (χ0v) is 11.3. The van der Waals surface area contributed by atoms with E-state index in [4.69, 9.17) is 5.11 Å². The molecule has 0 spiro atoms. The van der Waals surface area contributed by atoms with Crippen LogP contribution in [-0.4, -0.2) is 66.2 Å². The van der Waals surface area contributed by atoms with Gasteiger partial charge in [0.25, 0.3) is 0 Å². The fraction of sp³-hybridized carbons (Fsp3) is 0.833. The lowest BCUT2D eigenvalue weighted by Gasteiger charge is -2.22. The van der Waals surface area contributed by atoms with Crippen molar-refractivity contribution < 1.29 is 14.7 Å². The van der Waals surface area contributed by atoms with Crippen molar-refractivity contribution in [3.8, 4) is 0 Å². The lowest BCUT2D eigenvalue weighted by Crippen LogP contribution is -2.47. The first-order valence-corrected chi connectivity index (χ1v) is 6.40. The SMILES string of the molecule is CCC[C@H](NC(=O)N1CCC(N(C)C)C1)C(=O)O. The van der Waals surface area contributed by atoms with Crippen LogP contribution in [0, 0.1) is 0 Å². The molecule has 0 saturated carbocycles. The van der Waals surface area contributed by atoms with Gasteiger partial charge < -0.3 is 20.2 Å². The standard InChI is InChI=1S/C12H23N3O3/c1-4-5-10(11(16)17)13-12(18)15-7-6-9(8-15)14(2)3/h9-10H,4-8H2,1-3H3,(H,13,18)(H,16,17)/t9?,10-/m0/s1. The van der Waals surface area contributed by atoms with Crippen LogP contribution < -0.4 is 5.32 Å². The number of nitrogens with one attached hydrogen (secondary N) is 1. The molecule has 2 atom stereocenters. The van der Waals surface area contributed by atoms with Gasteiger partial charge in [0.15, 0.2) is 0 Å². The van der Waals surface area contributed by atoms with E-state index in [1.807, 2.05) is 21.0 Å². The summed E-state index contributed by atoms with van der Waals surface area (Å²) in [4.78, 5) is 26.7.